The second kappa shape index (κ2) is 10.1. The number of hydrogen-bond donors (Lipinski definition) is 0. The van der Waals surface area contributed by atoms with E-state index in [1.807, 2.05) is 16.8 Å². The number of aromatic nitrogens is 3. The molecule has 0 spiro atoms. The Morgan fingerprint density at radius 1 is 0.711 bits per heavy atom. The summed E-state index contributed by atoms with van der Waals surface area (Å²) in [5.41, 5.74) is 6.85. The van der Waals surface area contributed by atoms with Crippen molar-refractivity contribution in [3.63, 3.8) is 0 Å². The molecule has 0 radical (unpaired) electrons. The minimum Gasteiger partial charge on any atom is -0.354 e. The fourth-order valence-electron chi connectivity index (χ4n) is 5.47. The largest absolute Gasteiger partial charge is 0.354 e. The predicted molar refractivity (Wildman–Crippen MR) is 156 cm³/mol. The van der Waals surface area contributed by atoms with E-state index in [-0.39, 0.29) is 11.5 Å². The van der Waals surface area contributed by atoms with Gasteiger partial charge in [0, 0.05) is 43.2 Å². The molecule has 3 heterocycles. The van der Waals surface area contributed by atoms with Gasteiger partial charge in [0.15, 0.2) is 5.65 Å². The minimum absolute atomic E-state index is 0.0672. The van der Waals surface area contributed by atoms with Crippen molar-refractivity contribution in [3.8, 4) is 11.1 Å². The second-order valence-corrected chi connectivity index (χ2v) is 11.2. The summed E-state index contributed by atoms with van der Waals surface area (Å²) in [6, 6.07) is 34.7. The molecule has 38 heavy (non-hydrogen) atoms. The molecule has 1 saturated heterocycles. The van der Waals surface area contributed by atoms with Crippen LogP contribution in [0.15, 0.2) is 103 Å². The van der Waals surface area contributed by atoms with Crippen molar-refractivity contribution < 1.29 is 0 Å². The van der Waals surface area contributed by atoms with Gasteiger partial charge >= 0.3 is 0 Å². The molecule has 6 rings (SSSR count). The van der Waals surface area contributed by atoms with Gasteiger partial charge in [-0.1, -0.05) is 112 Å². The van der Waals surface area contributed by atoms with Crippen LogP contribution in [0, 0.1) is 0 Å². The number of nitrogens with zero attached hydrogens (tertiary/aromatic N) is 5. The summed E-state index contributed by atoms with van der Waals surface area (Å²) in [6.07, 6.45) is 1.96. The van der Waals surface area contributed by atoms with E-state index in [4.69, 9.17) is 10.1 Å². The molecule has 1 aliphatic rings. The summed E-state index contributed by atoms with van der Waals surface area (Å²) in [4.78, 5) is 10.2. The highest BCUT2D eigenvalue weighted by atomic mass is 15.4. The van der Waals surface area contributed by atoms with Gasteiger partial charge in [-0.25, -0.2) is 4.98 Å². The van der Waals surface area contributed by atoms with Crippen molar-refractivity contribution in [1.82, 2.24) is 19.5 Å². The monoisotopic (exact) mass is 501 g/mol. The van der Waals surface area contributed by atoms with Crippen LogP contribution >= 0.6 is 0 Å². The van der Waals surface area contributed by atoms with E-state index < -0.39 is 0 Å². The summed E-state index contributed by atoms with van der Waals surface area (Å²) < 4.78 is 2.04. The topological polar surface area (TPSA) is 36.7 Å². The molecule has 0 atom stereocenters. The second-order valence-electron chi connectivity index (χ2n) is 11.2. The first-order chi connectivity index (χ1) is 18.5. The third-order valence-corrected chi connectivity index (χ3v) is 7.54. The van der Waals surface area contributed by atoms with Gasteiger partial charge < -0.3 is 4.90 Å². The van der Waals surface area contributed by atoms with Gasteiger partial charge in [0.05, 0.1) is 17.9 Å². The molecule has 2 aromatic heterocycles. The Labute approximate surface area is 225 Å². The van der Waals surface area contributed by atoms with Crippen LogP contribution in [0.3, 0.4) is 0 Å². The molecule has 3 aromatic carbocycles. The highest BCUT2D eigenvalue weighted by Gasteiger charge is 2.29. The molecule has 5 nitrogen and oxygen atoms in total. The molecule has 0 N–H and O–H groups in total. The maximum Gasteiger partial charge on any atom is 0.165 e. The van der Waals surface area contributed by atoms with Gasteiger partial charge in [0.25, 0.3) is 0 Å². The zero-order valence-corrected chi connectivity index (χ0v) is 22.5. The molecule has 0 bridgehead atoms. The summed E-state index contributed by atoms with van der Waals surface area (Å²) >= 11 is 0. The Kier molecular flexibility index (Phi) is 6.46. The zero-order valence-electron chi connectivity index (χ0n) is 22.5. The maximum absolute atomic E-state index is 5.12. The Balaban J connectivity index is 1.34. The van der Waals surface area contributed by atoms with Crippen molar-refractivity contribution in [2.45, 2.75) is 32.2 Å². The third kappa shape index (κ3) is 4.70. The normalized spacial score (nSPS) is 14.9. The highest BCUT2D eigenvalue weighted by Crippen LogP contribution is 2.33. The molecule has 0 aliphatic carbocycles. The van der Waals surface area contributed by atoms with Crippen molar-refractivity contribution in [3.05, 3.63) is 120 Å². The first kappa shape index (κ1) is 24.4. The SMILES string of the molecule is CC(C)(C)c1cc(N2CCN(C(c3ccccc3)c3ccccc3)CC2)n2ncc(-c3ccccc3)c2n1. The third-order valence-electron chi connectivity index (χ3n) is 7.54. The van der Waals surface area contributed by atoms with E-state index in [1.54, 1.807) is 0 Å². The smallest absolute Gasteiger partial charge is 0.165 e. The molecular formula is C33H35N5. The molecule has 0 amide bonds. The van der Waals surface area contributed by atoms with Gasteiger partial charge in [0.1, 0.15) is 5.82 Å². The first-order valence-corrected chi connectivity index (χ1v) is 13.5. The molecule has 5 heteroatoms. The number of rotatable bonds is 5. The van der Waals surface area contributed by atoms with Gasteiger partial charge in [-0.05, 0) is 16.7 Å². The van der Waals surface area contributed by atoms with Crippen molar-refractivity contribution in [1.29, 1.82) is 0 Å². The van der Waals surface area contributed by atoms with Crippen LogP contribution in [0.25, 0.3) is 16.8 Å². The Morgan fingerprint density at radius 3 is 1.82 bits per heavy atom. The van der Waals surface area contributed by atoms with Crippen LogP contribution in [0.1, 0.15) is 43.6 Å². The van der Waals surface area contributed by atoms with E-state index in [0.29, 0.717) is 0 Å². The molecule has 192 valence electrons. The van der Waals surface area contributed by atoms with E-state index in [9.17, 15) is 0 Å². The lowest BCUT2D eigenvalue weighted by molar-refractivity contribution is 0.211. The molecule has 0 unspecified atom stereocenters. The molecule has 5 aromatic rings. The van der Waals surface area contributed by atoms with Gasteiger partial charge in [-0.2, -0.15) is 9.61 Å². The van der Waals surface area contributed by atoms with E-state index in [1.165, 1.54) is 11.1 Å². The standard InChI is InChI=1S/C33H35N5/c1-33(2,3)29-23-30(38-32(35-29)28(24-34-38)25-13-7-4-8-14-25)36-19-21-37(22-20-36)31(26-15-9-5-10-16-26)27-17-11-6-12-18-27/h4-18,23-24,31H,19-22H2,1-3H3. The van der Waals surface area contributed by atoms with Crippen molar-refractivity contribution in [2.75, 3.05) is 31.1 Å². The Hall–Kier alpha value is -3.96. The minimum atomic E-state index is -0.0672. The highest BCUT2D eigenvalue weighted by molar-refractivity contribution is 5.78. The van der Waals surface area contributed by atoms with Crippen LogP contribution in [0.5, 0.6) is 0 Å². The quantitative estimate of drug-likeness (QED) is 0.272. The number of fused-ring (bicyclic) bond motifs is 1. The summed E-state index contributed by atoms with van der Waals surface area (Å²) in [5.74, 6) is 1.12. The summed E-state index contributed by atoms with van der Waals surface area (Å²) in [7, 11) is 0. The lowest BCUT2D eigenvalue weighted by Gasteiger charge is -2.40. The van der Waals surface area contributed by atoms with Gasteiger partial charge in [-0.15, -0.1) is 0 Å². The maximum atomic E-state index is 5.12. The lowest BCUT2D eigenvalue weighted by Crippen LogP contribution is -2.48. The van der Waals surface area contributed by atoms with E-state index in [2.05, 4.69) is 122 Å². The average Bonchev–Trinajstić information content (AvgIpc) is 3.39. The average molecular weight is 502 g/mol. The van der Waals surface area contributed by atoms with E-state index >= 15 is 0 Å². The van der Waals surface area contributed by atoms with Crippen molar-refractivity contribution in [2.24, 2.45) is 0 Å². The van der Waals surface area contributed by atoms with Gasteiger partial charge in [0.2, 0.25) is 0 Å². The Bertz CT molecular complexity index is 1460. The van der Waals surface area contributed by atoms with Crippen LogP contribution < -0.4 is 4.90 Å². The number of anilines is 1. The van der Waals surface area contributed by atoms with Crippen LogP contribution in [-0.4, -0.2) is 45.7 Å². The van der Waals surface area contributed by atoms with E-state index in [0.717, 1.165) is 54.5 Å². The molecular weight excluding hydrogens is 466 g/mol. The van der Waals surface area contributed by atoms with Crippen LogP contribution in [0.2, 0.25) is 0 Å². The van der Waals surface area contributed by atoms with Crippen LogP contribution in [-0.2, 0) is 5.41 Å². The Morgan fingerprint density at radius 2 is 1.26 bits per heavy atom. The number of hydrogen-bond acceptors (Lipinski definition) is 4. The summed E-state index contributed by atoms with van der Waals surface area (Å²) in [6.45, 7) is 10.5. The predicted octanol–water partition coefficient (Wildman–Crippen LogP) is 6.61. The fraction of sp³-hybridized carbons (Fsp3) is 0.273. The first-order valence-electron chi connectivity index (χ1n) is 13.5. The fourth-order valence-corrected chi connectivity index (χ4v) is 5.47. The number of benzene rings is 3. The molecule has 1 fully saturated rings. The van der Waals surface area contributed by atoms with Crippen LogP contribution in [0.4, 0.5) is 5.82 Å². The molecule has 0 saturated carbocycles. The number of piperazine rings is 1. The van der Waals surface area contributed by atoms with Crippen molar-refractivity contribution >= 4 is 11.5 Å². The zero-order chi connectivity index (χ0) is 26.1. The summed E-state index contributed by atoms with van der Waals surface area (Å²) in [5, 5.41) is 4.84. The molecule has 1 aliphatic heterocycles. The van der Waals surface area contributed by atoms with Gasteiger partial charge in [-0.3, -0.25) is 4.90 Å². The lowest BCUT2D eigenvalue weighted by atomic mass is 9.91.